The van der Waals surface area contributed by atoms with E-state index in [1.165, 1.54) is 12.1 Å². The number of benzene rings is 2. The third-order valence-corrected chi connectivity index (χ3v) is 3.24. The van der Waals surface area contributed by atoms with Gasteiger partial charge in [0.05, 0.1) is 24.2 Å². The van der Waals surface area contributed by atoms with Crippen molar-refractivity contribution in [3.05, 3.63) is 69.8 Å². The van der Waals surface area contributed by atoms with Gasteiger partial charge in [0.15, 0.2) is 0 Å². The molecule has 122 valence electrons. The topological polar surface area (TPSA) is 81.8 Å². The second kappa shape index (κ2) is 8.26. The molecule has 6 nitrogen and oxygen atoms in total. The summed E-state index contributed by atoms with van der Waals surface area (Å²) in [5.41, 5.74) is 1.75. The van der Waals surface area contributed by atoms with E-state index in [4.69, 9.17) is 9.47 Å². The minimum atomic E-state index is -0.808. The van der Waals surface area contributed by atoms with Crippen LogP contribution in [0.4, 0.5) is 5.69 Å². The van der Waals surface area contributed by atoms with Crippen molar-refractivity contribution in [1.29, 1.82) is 0 Å². The number of non-ortho nitro benzene ring substituents is 1. The quantitative estimate of drug-likeness (QED) is 0.598. The number of nitrogens with zero attached hydrogens (tertiary/aromatic N) is 1. The summed E-state index contributed by atoms with van der Waals surface area (Å²) < 4.78 is 10.9. The van der Waals surface area contributed by atoms with Gasteiger partial charge in [-0.1, -0.05) is 30.3 Å². The second-order valence-corrected chi connectivity index (χ2v) is 5.17. The van der Waals surface area contributed by atoms with Crippen LogP contribution < -0.4 is 4.74 Å². The average Bonchev–Trinajstić information content (AvgIpc) is 2.55. The molecule has 2 aromatic rings. The molecule has 1 unspecified atom stereocenters. The molecule has 2 rings (SSSR count). The van der Waals surface area contributed by atoms with E-state index in [9.17, 15) is 15.2 Å². The highest BCUT2D eigenvalue weighted by molar-refractivity contribution is 5.43. The van der Waals surface area contributed by atoms with Crippen molar-refractivity contribution < 1.29 is 19.5 Å². The summed E-state index contributed by atoms with van der Waals surface area (Å²) >= 11 is 0. The van der Waals surface area contributed by atoms with Gasteiger partial charge in [-0.15, -0.1) is 0 Å². The predicted molar refractivity (Wildman–Crippen MR) is 85.4 cm³/mol. The Morgan fingerprint density at radius 3 is 2.61 bits per heavy atom. The zero-order chi connectivity index (χ0) is 16.7. The van der Waals surface area contributed by atoms with Gasteiger partial charge >= 0.3 is 0 Å². The highest BCUT2D eigenvalue weighted by atomic mass is 16.6. The molecule has 0 bridgehead atoms. The van der Waals surface area contributed by atoms with Crippen LogP contribution in [0.5, 0.6) is 5.75 Å². The molecule has 1 N–H and O–H groups in total. The zero-order valence-corrected chi connectivity index (χ0v) is 12.8. The summed E-state index contributed by atoms with van der Waals surface area (Å²) in [7, 11) is 0. The van der Waals surface area contributed by atoms with Crippen molar-refractivity contribution in [3.8, 4) is 5.75 Å². The largest absolute Gasteiger partial charge is 0.490 e. The molecule has 0 fully saturated rings. The van der Waals surface area contributed by atoms with Crippen LogP contribution in [0.2, 0.25) is 0 Å². The Kier molecular flexibility index (Phi) is 6.08. The van der Waals surface area contributed by atoms with Crippen LogP contribution in [0, 0.1) is 17.0 Å². The minimum Gasteiger partial charge on any atom is -0.490 e. The van der Waals surface area contributed by atoms with Crippen LogP contribution in [0.15, 0.2) is 48.5 Å². The van der Waals surface area contributed by atoms with Crippen molar-refractivity contribution in [2.45, 2.75) is 19.6 Å². The highest BCUT2D eigenvalue weighted by Gasteiger charge is 2.12. The van der Waals surface area contributed by atoms with Gasteiger partial charge < -0.3 is 14.6 Å². The van der Waals surface area contributed by atoms with E-state index in [0.29, 0.717) is 12.4 Å². The van der Waals surface area contributed by atoms with Gasteiger partial charge in [0, 0.05) is 6.07 Å². The molecular weight excluding hydrogens is 298 g/mol. The molecule has 1 atom stereocenters. The molecule has 0 amide bonds. The molecule has 6 heteroatoms. The normalized spacial score (nSPS) is 11.9. The fraction of sp³-hybridized carbons (Fsp3) is 0.294. The van der Waals surface area contributed by atoms with Crippen LogP contribution in [-0.2, 0) is 11.3 Å². The number of aryl methyl sites for hydroxylation is 1. The van der Waals surface area contributed by atoms with Crippen LogP contribution in [0.3, 0.4) is 0 Å². The van der Waals surface area contributed by atoms with Crippen molar-refractivity contribution in [2.75, 3.05) is 13.2 Å². The fourth-order valence-corrected chi connectivity index (χ4v) is 1.98. The Labute approximate surface area is 134 Å². The predicted octanol–water partition coefficient (Wildman–Crippen LogP) is 2.86. The second-order valence-electron chi connectivity index (χ2n) is 5.17. The van der Waals surface area contributed by atoms with E-state index < -0.39 is 11.0 Å². The van der Waals surface area contributed by atoms with Crippen LogP contribution in [0.1, 0.15) is 11.1 Å². The van der Waals surface area contributed by atoms with E-state index in [-0.39, 0.29) is 18.9 Å². The number of nitro benzene ring substituents is 1. The Hall–Kier alpha value is -2.44. The van der Waals surface area contributed by atoms with Gasteiger partial charge in [0.1, 0.15) is 18.5 Å². The van der Waals surface area contributed by atoms with Gasteiger partial charge in [-0.25, -0.2) is 0 Å². The lowest BCUT2D eigenvalue weighted by Gasteiger charge is -2.14. The standard InChI is InChI=1S/C17H19NO5/c1-13-7-8-15(18(20)21)9-17(13)23-12-16(19)11-22-10-14-5-3-2-4-6-14/h2-9,16,19H,10-12H2,1H3. The number of nitro groups is 1. The third-order valence-electron chi connectivity index (χ3n) is 3.24. The van der Waals surface area contributed by atoms with Crippen molar-refractivity contribution in [1.82, 2.24) is 0 Å². The minimum absolute atomic E-state index is 0.0107. The maximum Gasteiger partial charge on any atom is 0.273 e. The van der Waals surface area contributed by atoms with Crippen LogP contribution in [0.25, 0.3) is 0 Å². The van der Waals surface area contributed by atoms with Crippen molar-refractivity contribution in [2.24, 2.45) is 0 Å². The summed E-state index contributed by atoms with van der Waals surface area (Å²) in [4.78, 5) is 10.3. The molecule has 2 aromatic carbocycles. The molecule has 0 spiro atoms. The molecule has 0 aliphatic heterocycles. The third kappa shape index (κ3) is 5.36. The van der Waals surface area contributed by atoms with Crippen LogP contribution >= 0.6 is 0 Å². The summed E-state index contributed by atoms with van der Waals surface area (Å²) in [6, 6.07) is 14.0. The number of aliphatic hydroxyl groups is 1. The Morgan fingerprint density at radius 2 is 1.91 bits per heavy atom. The summed E-state index contributed by atoms with van der Waals surface area (Å²) in [5.74, 6) is 0.390. The van der Waals surface area contributed by atoms with Crippen molar-refractivity contribution >= 4 is 5.69 Å². The molecule has 0 heterocycles. The molecule has 0 aliphatic rings. The lowest BCUT2D eigenvalue weighted by molar-refractivity contribution is -0.385. The first kappa shape index (κ1) is 16.9. The van der Waals surface area contributed by atoms with Crippen LogP contribution in [-0.4, -0.2) is 29.3 Å². The monoisotopic (exact) mass is 317 g/mol. The van der Waals surface area contributed by atoms with E-state index in [1.54, 1.807) is 13.0 Å². The van der Waals surface area contributed by atoms with Gasteiger partial charge in [-0.05, 0) is 24.1 Å². The van der Waals surface area contributed by atoms with Gasteiger partial charge in [0.25, 0.3) is 5.69 Å². The molecule has 23 heavy (non-hydrogen) atoms. The van der Waals surface area contributed by atoms with Gasteiger partial charge in [-0.3, -0.25) is 10.1 Å². The molecule has 0 aliphatic carbocycles. The Balaban J connectivity index is 1.79. The molecular formula is C17H19NO5. The van der Waals surface area contributed by atoms with E-state index in [2.05, 4.69) is 0 Å². The first-order chi connectivity index (χ1) is 11.1. The van der Waals surface area contributed by atoms with E-state index in [1.807, 2.05) is 30.3 Å². The first-order valence-corrected chi connectivity index (χ1v) is 7.24. The lowest BCUT2D eigenvalue weighted by Crippen LogP contribution is -2.23. The van der Waals surface area contributed by atoms with Gasteiger partial charge in [-0.2, -0.15) is 0 Å². The number of hydrogen-bond acceptors (Lipinski definition) is 5. The number of ether oxygens (including phenoxy) is 2. The molecule has 0 saturated carbocycles. The Morgan fingerprint density at radius 1 is 1.17 bits per heavy atom. The maximum absolute atomic E-state index is 10.8. The summed E-state index contributed by atoms with van der Waals surface area (Å²) in [6.07, 6.45) is -0.808. The maximum atomic E-state index is 10.8. The zero-order valence-electron chi connectivity index (χ0n) is 12.8. The number of aliphatic hydroxyl groups excluding tert-OH is 1. The molecule has 0 aromatic heterocycles. The number of hydrogen-bond donors (Lipinski definition) is 1. The molecule has 0 saturated heterocycles. The van der Waals surface area contributed by atoms with Crippen molar-refractivity contribution in [3.63, 3.8) is 0 Å². The Bertz CT molecular complexity index is 645. The summed E-state index contributed by atoms with van der Waals surface area (Å²) in [6.45, 7) is 2.34. The fourth-order valence-electron chi connectivity index (χ4n) is 1.98. The number of rotatable bonds is 8. The van der Waals surface area contributed by atoms with Gasteiger partial charge in [0.2, 0.25) is 0 Å². The van der Waals surface area contributed by atoms with E-state index >= 15 is 0 Å². The highest BCUT2D eigenvalue weighted by Crippen LogP contribution is 2.24. The lowest BCUT2D eigenvalue weighted by atomic mass is 10.2. The average molecular weight is 317 g/mol. The SMILES string of the molecule is Cc1ccc([N+](=O)[O-])cc1OCC(O)COCc1ccccc1. The smallest absolute Gasteiger partial charge is 0.273 e. The molecule has 0 radical (unpaired) electrons. The summed E-state index contributed by atoms with van der Waals surface area (Å²) in [5, 5.41) is 20.6. The van der Waals surface area contributed by atoms with E-state index in [0.717, 1.165) is 11.1 Å². The first-order valence-electron chi connectivity index (χ1n) is 7.24.